The fraction of sp³-hybridized carbons (Fsp3) is 0.400. The first kappa shape index (κ1) is 11.7. The minimum Gasteiger partial charge on any atom is -0.463 e. The zero-order chi connectivity index (χ0) is 11.1. The van der Waals surface area contributed by atoms with Gasteiger partial charge in [0.2, 0.25) is 5.76 Å². The molecule has 0 amide bonds. The molecule has 0 aromatic carbocycles. The number of hydrogen-bond donors (Lipinski definition) is 0. The van der Waals surface area contributed by atoms with Gasteiger partial charge in [0.1, 0.15) is 5.76 Å². The molecule has 80 valence electrons. The van der Waals surface area contributed by atoms with Crippen LogP contribution in [0.3, 0.4) is 0 Å². The van der Waals surface area contributed by atoms with E-state index < -0.39 is 5.97 Å². The van der Waals surface area contributed by atoms with Crippen molar-refractivity contribution in [1.29, 1.82) is 5.26 Å². The van der Waals surface area contributed by atoms with Crippen molar-refractivity contribution >= 4 is 17.7 Å². The average Bonchev–Trinajstić information content (AvgIpc) is 2.72. The molecule has 1 heterocycles. The third-order valence-corrected chi connectivity index (χ3v) is 2.63. The number of esters is 1. The first-order chi connectivity index (χ1) is 7.27. The van der Waals surface area contributed by atoms with Gasteiger partial charge < -0.3 is 9.15 Å². The zero-order valence-electron chi connectivity index (χ0n) is 8.36. The van der Waals surface area contributed by atoms with Crippen LogP contribution in [0, 0.1) is 11.3 Å². The molecule has 0 radical (unpaired) electrons. The fourth-order valence-electron chi connectivity index (χ4n) is 0.956. The van der Waals surface area contributed by atoms with Gasteiger partial charge in [-0.1, -0.05) is 0 Å². The minimum absolute atomic E-state index is 0.216. The number of nitriles is 1. The molecule has 4 nitrogen and oxygen atoms in total. The summed E-state index contributed by atoms with van der Waals surface area (Å²) in [7, 11) is 1.31. The lowest BCUT2D eigenvalue weighted by Crippen LogP contribution is -1.98. The van der Waals surface area contributed by atoms with Crippen molar-refractivity contribution in [2.45, 2.75) is 12.2 Å². The molecule has 0 saturated heterocycles. The van der Waals surface area contributed by atoms with Gasteiger partial charge in [-0.05, 0) is 12.1 Å². The predicted octanol–water partition coefficient (Wildman–Crippen LogP) is 2.21. The molecule has 0 aliphatic rings. The number of ether oxygens (including phenoxy) is 1. The Kier molecular flexibility index (Phi) is 4.78. The molecule has 5 heteroatoms. The molecular weight excluding hydrogens is 214 g/mol. The van der Waals surface area contributed by atoms with Gasteiger partial charge in [-0.2, -0.15) is 17.0 Å². The molecule has 0 fully saturated rings. The lowest BCUT2D eigenvalue weighted by Gasteiger charge is -1.95. The second-order valence-corrected chi connectivity index (χ2v) is 3.82. The second-order valence-electron chi connectivity index (χ2n) is 2.72. The minimum atomic E-state index is -0.469. The molecule has 1 aromatic heterocycles. The van der Waals surface area contributed by atoms with Gasteiger partial charge in [0.25, 0.3) is 0 Å². The SMILES string of the molecule is COC(=O)c1ccc(CSCCC#N)o1. The van der Waals surface area contributed by atoms with E-state index in [1.165, 1.54) is 7.11 Å². The molecule has 0 bridgehead atoms. The molecule has 1 rings (SSSR count). The van der Waals surface area contributed by atoms with Crippen LogP contribution in [0.1, 0.15) is 22.7 Å². The maximum atomic E-state index is 11.0. The van der Waals surface area contributed by atoms with E-state index in [0.29, 0.717) is 12.2 Å². The Morgan fingerprint density at radius 1 is 1.67 bits per heavy atom. The number of carbonyl (C=O) groups is 1. The summed E-state index contributed by atoms with van der Waals surface area (Å²) in [4.78, 5) is 11.0. The molecular formula is C10H11NO3S. The standard InChI is InChI=1S/C10H11NO3S/c1-13-10(12)9-4-3-8(14-9)7-15-6-2-5-11/h3-4H,2,6-7H2,1H3. The number of carbonyl (C=O) groups excluding carboxylic acids is 1. The van der Waals surface area contributed by atoms with Crippen molar-refractivity contribution in [2.75, 3.05) is 12.9 Å². The summed E-state index contributed by atoms with van der Waals surface area (Å²) >= 11 is 1.60. The van der Waals surface area contributed by atoms with Crippen LogP contribution in [-0.4, -0.2) is 18.8 Å². The fourth-order valence-corrected chi connectivity index (χ4v) is 1.69. The Bertz CT molecular complexity index is 367. The van der Waals surface area contributed by atoms with Crippen LogP contribution in [0.5, 0.6) is 0 Å². The summed E-state index contributed by atoms with van der Waals surface area (Å²) in [6, 6.07) is 5.39. The molecule has 0 saturated carbocycles. The lowest BCUT2D eigenvalue weighted by molar-refractivity contribution is 0.0563. The van der Waals surface area contributed by atoms with Gasteiger partial charge >= 0.3 is 5.97 Å². The van der Waals surface area contributed by atoms with Crippen LogP contribution in [0.25, 0.3) is 0 Å². The molecule has 0 unspecified atom stereocenters. The van der Waals surface area contributed by atoms with Crippen LogP contribution in [0.15, 0.2) is 16.5 Å². The van der Waals surface area contributed by atoms with Gasteiger partial charge in [-0.15, -0.1) is 0 Å². The third kappa shape index (κ3) is 3.68. The van der Waals surface area contributed by atoms with Gasteiger partial charge in [-0.25, -0.2) is 4.79 Å². The molecule has 0 aliphatic carbocycles. The van der Waals surface area contributed by atoms with Crippen molar-refractivity contribution in [3.8, 4) is 6.07 Å². The molecule has 0 N–H and O–H groups in total. The Labute approximate surface area is 92.2 Å². The summed E-state index contributed by atoms with van der Waals surface area (Å²) in [6.07, 6.45) is 0.523. The Morgan fingerprint density at radius 3 is 3.13 bits per heavy atom. The van der Waals surface area contributed by atoms with Crippen molar-refractivity contribution in [1.82, 2.24) is 0 Å². The van der Waals surface area contributed by atoms with E-state index in [-0.39, 0.29) is 5.76 Å². The second kappa shape index (κ2) is 6.14. The van der Waals surface area contributed by atoms with Crippen molar-refractivity contribution in [3.05, 3.63) is 23.7 Å². The van der Waals surface area contributed by atoms with E-state index in [2.05, 4.69) is 10.8 Å². The van der Waals surface area contributed by atoms with Gasteiger partial charge in [0.15, 0.2) is 0 Å². The van der Waals surface area contributed by atoms with Crippen molar-refractivity contribution < 1.29 is 13.9 Å². The van der Waals surface area contributed by atoms with E-state index in [1.54, 1.807) is 23.9 Å². The number of furan rings is 1. The molecule has 0 atom stereocenters. The number of rotatable bonds is 5. The van der Waals surface area contributed by atoms with Crippen molar-refractivity contribution in [3.63, 3.8) is 0 Å². The van der Waals surface area contributed by atoms with Crippen molar-refractivity contribution in [2.24, 2.45) is 0 Å². The maximum Gasteiger partial charge on any atom is 0.373 e. The summed E-state index contributed by atoms with van der Waals surface area (Å²) in [6.45, 7) is 0. The van der Waals surface area contributed by atoms with E-state index in [9.17, 15) is 4.79 Å². The quantitative estimate of drug-likeness (QED) is 0.568. The van der Waals surface area contributed by atoms with Gasteiger partial charge in [-0.3, -0.25) is 0 Å². The highest BCUT2D eigenvalue weighted by atomic mass is 32.2. The number of hydrogen-bond acceptors (Lipinski definition) is 5. The van der Waals surface area contributed by atoms with Gasteiger partial charge in [0, 0.05) is 12.2 Å². The smallest absolute Gasteiger partial charge is 0.373 e. The van der Waals surface area contributed by atoms with Crippen LogP contribution in [0.2, 0.25) is 0 Å². The number of thioether (sulfide) groups is 1. The average molecular weight is 225 g/mol. The van der Waals surface area contributed by atoms with E-state index in [1.807, 2.05) is 0 Å². The van der Waals surface area contributed by atoms with Crippen LogP contribution in [-0.2, 0) is 10.5 Å². The van der Waals surface area contributed by atoms with E-state index in [4.69, 9.17) is 9.68 Å². The zero-order valence-corrected chi connectivity index (χ0v) is 9.17. The number of nitrogens with zero attached hydrogens (tertiary/aromatic N) is 1. The van der Waals surface area contributed by atoms with E-state index in [0.717, 1.165) is 11.5 Å². The van der Waals surface area contributed by atoms with E-state index >= 15 is 0 Å². The van der Waals surface area contributed by atoms with Crippen LogP contribution in [0.4, 0.5) is 0 Å². The Morgan fingerprint density at radius 2 is 2.47 bits per heavy atom. The maximum absolute atomic E-state index is 11.0. The highest BCUT2D eigenvalue weighted by Gasteiger charge is 2.10. The number of methoxy groups -OCH3 is 1. The Balaban J connectivity index is 2.40. The topological polar surface area (TPSA) is 63.2 Å². The first-order valence-electron chi connectivity index (χ1n) is 4.39. The predicted molar refractivity (Wildman–Crippen MR) is 56.4 cm³/mol. The van der Waals surface area contributed by atoms with Crippen LogP contribution < -0.4 is 0 Å². The molecule has 0 aliphatic heterocycles. The summed E-state index contributed by atoms with van der Waals surface area (Å²) in [5.41, 5.74) is 0. The lowest BCUT2D eigenvalue weighted by atomic mass is 10.4. The molecule has 0 spiro atoms. The summed E-state index contributed by atoms with van der Waals surface area (Å²) in [5.74, 6) is 1.90. The highest BCUT2D eigenvalue weighted by Crippen LogP contribution is 2.16. The Hall–Kier alpha value is -1.41. The van der Waals surface area contributed by atoms with Gasteiger partial charge in [0.05, 0.1) is 18.9 Å². The third-order valence-electron chi connectivity index (χ3n) is 1.65. The largest absolute Gasteiger partial charge is 0.463 e. The first-order valence-corrected chi connectivity index (χ1v) is 5.55. The molecule has 1 aromatic rings. The normalized spacial score (nSPS) is 9.60. The summed E-state index contributed by atoms with van der Waals surface area (Å²) < 4.78 is 9.75. The highest BCUT2D eigenvalue weighted by molar-refractivity contribution is 7.98. The van der Waals surface area contributed by atoms with Crippen LogP contribution >= 0.6 is 11.8 Å². The molecule has 15 heavy (non-hydrogen) atoms. The summed E-state index contributed by atoms with van der Waals surface area (Å²) in [5, 5.41) is 8.32. The monoisotopic (exact) mass is 225 g/mol.